The van der Waals surface area contributed by atoms with Crippen LogP contribution in [-0.4, -0.2) is 24.4 Å². The van der Waals surface area contributed by atoms with Gasteiger partial charge in [-0.05, 0) is 48.6 Å². The van der Waals surface area contributed by atoms with Crippen molar-refractivity contribution in [2.24, 2.45) is 5.92 Å². The van der Waals surface area contributed by atoms with Gasteiger partial charge in [-0.1, -0.05) is 56.0 Å². The van der Waals surface area contributed by atoms with Crippen molar-refractivity contribution in [2.45, 2.75) is 56.5 Å². The van der Waals surface area contributed by atoms with Crippen molar-refractivity contribution in [1.29, 1.82) is 0 Å². The van der Waals surface area contributed by atoms with E-state index in [1.807, 2.05) is 24.3 Å². The Morgan fingerprint density at radius 3 is 2.38 bits per heavy atom. The Bertz CT molecular complexity index is 1110. The molecule has 0 saturated heterocycles. The molecule has 6 nitrogen and oxygen atoms in total. The quantitative estimate of drug-likeness (QED) is 0.479. The molecule has 1 atom stereocenters. The molecule has 1 aliphatic rings. The van der Waals surface area contributed by atoms with Gasteiger partial charge in [-0.25, -0.2) is 18.4 Å². The summed E-state index contributed by atoms with van der Waals surface area (Å²) in [4.78, 5) is 8.23. The van der Waals surface area contributed by atoms with E-state index in [9.17, 15) is 8.42 Å². The van der Waals surface area contributed by atoms with Crippen molar-refractivity contribution in [3.05, 3.63) is 72.8 Å². The van der Waals surface area contributed by atoms with E-state index in [1.54, 1.807) is 36.7 Å². The highest BCUT2D eigenvalue weighted by molar-refractivity contribution is 7.92. The molecule has 1 aliphatic carbocycles. The van der Waals surface area contributed by atoms with Crippen LogP contribution in [0.2, 0.25) is 0 Å². The van der Waals surface area contributed by atoms with Crippen molar-refractivity contribution in [2.75, 3.05) is 4.72 Å². The molecule has 0 aliphatic heterocycles. The van der Waals surface area contributed by atoms with E-state index < -0.39 is 10.0 Å². The molecule has 2 N–H and O–H groups in total. The number of hydrogen-bond donors (Lipinski definition) is 2. The van der Waals surface area contributed by atoms with Gasteiger partial charge in [0.25, 0.3) is 10.0 Å². The number of sulfonamides is 1. The molecule has 0 spiro atoms. The Hall–Kier alpha value is -2.77. The molecule has 1 aromatic heterocycles. The summed E-state index contributed by atoms with van der Waals surface area (Å²) in [6.07, 6.45) is 11.4. The molecule has 0 unspecified atom stereocenters. The van der Waals surface area contributed by atoms with Crippen molar-refractivity contribution in [1.82, 2.24) is 15.3 Å². The largest absolute Gasteiger partial charge is 0.310 e. The SMILES string of the molecule is C[C@@H](CC1CCCC1)NCc1ccccc1NS(=O)(=O)c1ccc(-c2cncnc2)cc1. The molecule has 0 radical (unpaired) electrons. The highest BCUT2D eigenvalue weighted by Gasteiger charge is 2.19. The lowest BCUT2D eigenvalue weighted by Gasteiger charge is -2.19. The number of nitrogens with one attached hydrogen (secondary N) is 2. The van der Waals surface area contributed by atoms with E-state index in [2.05, 4.69) is 26.9 Å². The van der Waals surface area contributed by atoms with Gasteiger partial charge in [-0.15, -0.1) is 0 Å². The Kier molecular flexibility index (Phi) is 7.17. The van der Waals surface area contributed by atoms with E-state index in [0.29, 0.717) is 18.3 Å². The summed E-state index contributed by atoms with van der Waals surface area (Å²) in [7, 11) is -3.70. The first-order valence-electron chi connectivity index (χ1n) is 11.2. The van der Waals surface area contributed by atoms with Crippen molar-refractivity contribution >= 4 is 15.7 Å². The van der Waals surface area contributed by atoms with E-state index in [4.69, 9.17) is 0 Å². The molecule has 2 aromatic carbocycles. The Balaban J connectivity index is 1.42. The van der Waals surface area contributed by atoms with Crippen LogP contribution in [-0.2, 0) is 16.6 Å². The van der Waals surface area contributed by atoms with Crippen LogP contribution in [0.3, 0.4) is 0 Å². The molecule has 1 fully saturated rings. The van der Waals surface area contributed by atoms with Crippen LogP contribution in [0.25, 0.3) is 11.1 Å². The molecule has 4 rings (SSSR count). The van der Waals surface area contributed by atoms with E-state index in [1.165, 1.54) is 38.4 Å². The van der Waals surface area contributed by atoms with Gasteiger partial charge in [0.1, 0.15) is 6.33 Å². The number of benzene rings is 2. The maximum atomic E-state index is 13.0. The van der Waals surface area contributed by atoms with Gasteiger partial charge in [0, 0.05) is 30.5 Å². The average molecular weight is 451 g/mol. The molecule has 1 saturated carbocycles. The standard InChI is InChI=1S/C25H30N4O2S/c1-19(14-20-6-2-3-7-20)28-17-22-8-4-5-9-25(22)29-32(30,31)24-12-10-21(11-13-24)23-15-26-18-27-16-23/h4-5,8-13,15-16,18-20,28-29H,2-3,6-7,14,17H2,1H3/t19-/m0/s1. The van der Waals surface area contributed by atoms with Gasteiger partial charge < -0.3 is 5.32 Å². The summed E-state index contributed by atoms with van der Waals surface area (Å²) in [5.41, 5.74) is 3.25. The van der Waals surface area contributed by atoms with Gasteiger partial charge in [0.15, 0.2) is 0 Å². The lowest BCUT2D eigenvalue weighted by atomic mass is 9.99. The first-order chi connectivity index (χ1) is 15.5. The first-order valence-corrected chi connectivity index (χ1v) is 12.7. The number of hydrogen-bond acceptors (Lipinski definition) is 5. The molecule has 0 bridgehead atoms. The minimum absolute atomic E-state index is 0.218. The number of nitrogens with zero attached hydrogens (tertiary/aromatic N) is 2. The van der Waals surface area contributed by atoms with Crippen LogP contribution in [0.5, 0.6) is 0 Å². The smallest absolute Gasteiger partial charge is 0.261 e. The fourth-order valence-corrected chi connectivity index (χ4v) is 5.47. The highest BCUT2D eigenvalue weighted by atomic mass is 32.2. The zero-order valence-electron chi connectivity index (χ0n) is 18.4. The van der Waals surface area contributed by atoms with Gasteiger partial charge >= 0.3 is 0 Å². The van der Waals surface area contributed by atoms with E-state index in [0.717, 1.165) is 22.6 Å². The predicted octanol–water partition coefficient (Wildman–Crippen LogP) is 5.00. The lowest BCUT2D eigenvalue weighted by Crippen LogP contribution is -2.28. The summed E-state index contributed by atoms with van der Waals surface area (Å²) >= 11 is 0. The minimum Gasteiger partial charge on any atom is -0.310 e. The fraction of sp³-hybridized carbons (Fsp3) is 0.360. The highest BCUT2D eigenvalue weighted by Crippen LogP contribution is 2.29. The van der Waals surface area contributed by atoms with Gasteiger partial charge in [-0.2, -0.15) is 0 Å². The molecule has 0 amide bonds. The third kappa shape index (κ3) is 5.72. The van der Waals surface area contributed by atoms with Crippen molar-refractivity contribution < 1.29 is 8.42 Å². The summed E-state index contributed by atoms with van der Waals surface area (Å²) < 4.78 is 28.8. The summed E-state index contributed by atoms with van der Waals surface area (Å²) in [6, 6.07) is 14.7. The van der Waals surface area contributed by atoms with Gasteiger partial charge in [0.05, 0.1) is 10.6 Å². The zero-order chi connectivity index (χ0) is 22.4. The third-order valence-corrected chi connectivity index (χ3v) is 7.50. The van der Waals surface area contributed by atoms with Crippen LogP contribution in [0.4, 0.5) is 5.69 Å². The van der Waals surface area contributed by atoms with E-state index >= 15 is 0 Å². The molecule has 3 aromatic rings. The summed E-state index contributed by atoms with van der Waals surface area (Å²) in [5.74, 6) is 0.816. The van der Waals surface area contributed by atoms with Gasteiger partial charge in [-0.3, -0.25) is 4.72 Å². The number of rotatable bonds is 9. The monoisotopic (exact) mass is 450 g/mol. The van der Waals surface area contributed by atoms with Crippen LogP contribution >= 0.6 is 0 Å². The zero-order valence-corrected chi connectivity index (χ0v) is 19.2. The van der Waals surface area contributed by atoms with Crippen LogP contribution in [0.15, 0.2) is 72.1 Å². The molecular weight excluding hydrogens is 420 g/mol. The maximum Gasteiger partial charge on any atom is 0.261 e. The fourth-order valence-electron chi connectivity index (χ4n) is 4.37. The Labute approximate surface area is 190 Å². The second-order valence-electron chi connectivity index (χ2n) is 8.58. The summed E-state index contributed by atoms with van der Waals surface area (Å²) in [5, 5.41) is 3.57. The number of anilines is 1. The molecule has 7 heteroatoms. The van der Waals surface area contributed by atoms with Crippen LogP contribution < -0.4 is 10.0 Å². The number of para-hydroxylation sites is 1. The second-order valence-corrected chi connectivity index (χ2v) is 10.3. The first kappa shape index (κ1) is 22.4. The lowest BCUT2D eigenvalue weighted by molar-refractivity contribution is 0.404. The minimum atomic E-state index is -3.70. The van der Waals surface area contributed by atoms with Crippen molar-refractivity contribution in [3.8, 4) is 11.1 Å². The Morgan fingerprint density at radius 1 is 0.969 bits per heavy atom. The molecule has 1 heterocycles. The predicted molar refractivity (Wildman–Crippen MR) is 128 cm³/mol. The van der Waals surface area contributed by atoms with Crippen LogP contribution in [0, 0.1) is 5.92 Å². The van der Waals surface area contributed by atoms with Crippen molar-refractivity contribution in [3.63, 3.8) is 0 Å². The second kappa shape index (κ2) is 10.2. The maximum absolute atomic E-state index is 13.0. The molecule has 32 heavy (non-hydrogen) atoms. The molecular formula is C25H30N4O2S. The van der Waals surface area contributed by atoms with Crippen LogP contribution in [0.1, 0.15) is 44.6 Å². The number of aromatic nitrogens is 2. The van der Waals surface area contributed by atoms with E-state index in [-0.39, 0.29) is 4.90 Å². The topological polar surface area (TPSA) is 84.0 Å². The normalized spacial score (nSPS) is 15.5. The third-order valence-electron chi connectivity index (χ3n) is 6.12. The molecule has 168 valence electrons. The average Bonchev–Trinajstić information content (AvgIpc) is 3.32. The van der Waals surface area contributed by atoms with Gasteiger partial charge in [0.2, 0.25) is 0 Å². The summed E-state index contributed by atoms with van der Waals surface area (Å²) in [6.45, 7) is 2.84. The Morgan fingerprint density at radius 2 is 1.66 bits per heavy atom.